The SMILES string of the molecule is OCc1ccc(OCCF)cc1. The minimum atomic E-state index is -0.484. The minimum absolute atomic E-state index is 0.0173. The van der Waals surface area contributed by atoms with Crippen molar-refractivity contribution in [3.63, 3.8) is 0 Å². The second-order valence-corrected chi connectivity index (χ2v) is 2.34. The van der Waals surface area contributed by atoms with Crippen molar-refractivity contribution >= 4 is 0 Å². The van der Waals surface area contributed by atoms with Crippen molar-refractivity contribution in [2.75, 3.05) is 13.3 Å². The third-order valence-corrected chi connectivity index (χ3v) is 1.45. The molecule has 0 bridgehead atoms. The first-order valence-corrected chi connectivity index (χ1v) is 3.75. The van der Waals surface area contributed by atoms with Crippen molar-refractivity contribution in [1.29, 1.82) is 0 Å². The van der Waals surface area contributed by atoms with Crippen LogP contribution in [0.3, 0.4) is 0 Å². The Hall–Kier alpha value is -1.09. The van der Waals surface area contributed by atoms with Crippen molar-refractivity contribution in [2.45, 2.75) is 6.61 Å². The van der Waals surface area contributed by atoms with Gasteiger partial charge in [-0.15, -0.1) is 0 Å². The normalized spacial score (nSPS) is 9.83. The number of aliphatic hydroxyl groups is 1. The van der Waals surface area contributed by atoms with E-state index in [1.54, 1.807) is 24.3 Å². The van der Waals surface area contributed by atoms with E-state index in [-0.39, 0.29) is 13.2 Å². The van der Waals surface area contributed by atoms with E-state index < -0.39 is 6.67 Å². The first-order chi connectivity index (χ1) is 5.86. The summed E-state index contributed by atoms with van der Waals surface area (Å²) in [7, 11) is 0. The summed E-state index contributed by atoms with van der Waals surface area (Å²) in [5.41, 5.74) is 0.822. The lowest BCUT2D eigenvalue weighted by molar-refractivity contribution is 0.271. The molecule has 0 spiro atoms. The van der Waals surface area contributed by atoms with E-state index in [2.05, 4.69) is 0 Å². The number of benzene rings is 1. The van der Waals surface area contributed by atoms with Crippen LogP contribution < -0.4 is 4.74 Å². The first kappa shape index (κ1) is 9.00. The Morgan fingerprint density at radius 2 is 1.92 bits per heavy atom. The van der Waals surface area contributed by atoms with Crippen molar-refractivity contribution in [3.05, 3.63) is 29.8 Å². The molecule has 12 heavy (non-hydrogen) atoms. The third-order valence-electron chi connectivity index (χ3n) is 1.45. The molecule has 0 aliphatic heterocycles. The van der Waals surface area contributed by atoms with Crippen LogP contribution in [0.15, 0.2) is 24.3 Å². The molecular weight excluding hydrogens is 159 g/mol. The maximum absolute atomic E-state index is 11.7. The van der Waals surface area contributed by atoms with E-state index >= 15 is 0 Å². The second-order valence-electron chi connectivity index (χ2n) is 2.34. The third kappa shape index (κ3) is 2.51. The molecule has 66 valence electrons. The van der Waals surface area contributed by atoms with Crippen LogP contribution in [0.4, 0.5) is 4.39 Å². The van der Waals surface area contributed by atoms with E-state index in [0.717, 1.165) is 5.56 Å². The fourth-order valence-electron chi connectivity index (χ4n) is 0.848. The number of alkyl halides is 1. The number of halogens is 1. The van der Waals surface area contributed by atoms with E-state index in [9.17, 15) is 4.39 Å². The molecular formula is C9H11FO2. The number of hydrogen-bond donors (Lipinski definition) is 1. The molecule has 2 nitrogen and oxygen atoms in total. The quantitative estimate of drug-likeness (QED) is 0.742. The van der Waals surface area contributed by atoms with Crippen LogP contribution in [-0.2, 0) is 6.61 Å². The molecule has 1 aromatic carbocycles. The lowest BCUT2D eigenvalue weighted by atomic mass is 10.2. The van der Waals surface area contributed by atoms with E-state index in [0.29, 0.717) is 5.75 Å². The van der Waals surface area contributed by atoms with E-state index in [1.165, 1.54) is 0 Å². The second kappa shape index (κ2) is 4.72. The Bertz CT molecular complexity index is 220. The average Bonchev–Trinajstić information content (AvgIpc) is 2.15. The maximum atomic E-state index is 11.7. The maximum Gasteiger partial charge on any atom is 0.123 e. The van der Waals surface area contributed by atoms with Gasteiger partial charge in [-0.2, -0.15) is 0 Å². The topological polar surface area (TPSA) is 29.5 Å². The molecule has 1 aromatic rings. The summed E-state index contributed by atoms with van der Waals surface area (Å²) in [6.45, 7) is -0.385. The zero-order valence-corrected chi connectivity index (χ0v) is 6.66. The number of hydrogen-bond acceptors (Lipinski definition) is 2. The lowest BCUT2D eigenvalue weighted by Crippen LogP contribution is -1.98. The highest BCUT2D eigenvalue weighted by Crippen LogP contribution is 2.11. The molecule has 0 fully saturated rings. The van der Waals surface area contributed by atoms with Crippen molar-refractivity contribution < 1.29 is 14.2 Å². The smallest absolute Gasteiger partial charge is 0.123 e. The summed E-state index contributed by atoms with van der Waals surface area (Å²) in [6.07, 6.45) is 0. The fourth-order valence-corrected chi connectivity index (χ4v) is 0.848. The highest BCUT2D eigenvalue weighted by Gasteiger charge is 1.93. The van der Waals surface area contributed by atoms with Gasteiger partial charge in [0.2, 0.25) is 0 Å². The Balaban J connectivity index is 2.53. The Morgan fingerprint density at radius 3 is 2.42 bits per heavy atom. The predicted octanol–water partition coefficient (Wildman–Crippen LogP) is 1.53. The zero-order valence-electron chi connectivity index (χ0n) is 6.66. The van der Waals surface area contributed by atoms with Gasteiger partial charge in [-0.05, 0) is 17.7 Å². The molecule has 0 radical (unpaired) electrons. The van der Waals surface area contributed by atoms with Gasteiger partial charge in [-0.25, -0.2) is 4.39 Å². The molecule has 0 aliphatic rings. The van der Waals surface area contributed by atoms with Gasteiger partial charge in [-0.3, -0.25) is 0 Å². The van der Waals surface area contributed by atoms with Crippen LogP contribution in [0.25, 0.3) is 0 Å². The van der Waals surface area contributed by atoms with Gasteiger partial charge in [0, 0.05) is 0 Å². The molecule has 0 heterocycles. The number of rotatable bonds is 4. The summed E-state index contributed by atoms with van der Waals surface area (Å²) < 4.78 is 16.7. The fraction of sp³-hybridized carbons (Fsp3) is 0.333. The van der Waals surface area contributed by atoms with Crippen molar-refractivity contribution in [1.82, 2.24) is 0 Å². The zero-order chi connectivity index (χ0) is 8.81. The molecule has 0 atom stereocenters. The Kier molecular flexibility index (Phi) is 3.54. The van der Waals surface area contributed by atoms with Gasteiger partial charge in [0.15, 0.2) is 0 Å². The van der Waals surface area contributed by atoms with Crippen LogP contribution in [0.5, 0.6) is 5.75 Å². The molecule has 3 heteroatoms. The summed E-state index contributed by atoms with van der Waals surface area (Å²) in [5.74, 6) is 0.629. The Morgan fingerprint density at radius 1 is 1.25 bits per heavy atom. The standard InChI is InChI=1S/C9H11FO2/c10-5-6-12-9-3-1-8(7-11)2-4-9/h1-4,11H,5-7H2. The minimum Gasteiger partial charge on any atom is -0.491 e. The summed E-state index contributed by atoms with van der Waals surface area (Å²) in [6, 6.07) is 6.91. The molecule has 0 aliphatic carbocycles. The molecule has 0 amide bonds. The molecule has 0 saturated heterocycles. The molecule has 1 N–H and O–H groups in total. The lowest BCUT2D eigenvalue weighted by Gasteiger charge is -2.03. The van der Waals surface area contributed by atoms with Gasteiger partial charge in [0.25, 0.3) is 0 Å². The van der Waals surface area contributed by atoms with E-state index in [4.69, 9.17) is 9.84 Å². The molecule has 0 saturated carbocycles. The van der Waals surface area contributed by atoms with Crippen LogP contribution in [-0.4, -0.2) is 18.4 Å². The summed E-state index contributed by atoms with van der Waals surface area (Å²) >= 11 is 0. The molecule has 0 unspecified atom stereocenters. The van der Waals surface area contributed by atoms with Crippen molar-refractivity contribution in [2.24, 2.45) is 0 Å². The molecule has 0 aromatic heterocycles. The monoisotopic (exact) mass is 170 g/mol. The van der Waals surface area contributed by atoms with Gasteiger partial charge in [0.05, 0.1) is 6.61 Å². The van der Waals surface area contributed by atoms with Crippen LogP contribution >= 0.6 is 0 Å². The molecule has 1 rings (SSSR count). The first-order valence-electron chi connectivity index (χ1n) is 3.75. The predicted molar refractivity (Wildman–Crippen MR) is 43.8 cm³/mol. The van der Waals surface area contributed by atoms with Crippen LogP contribution in [0.1, 0.15) is 5.56 Å². The van der Waals surface area contributed by atoms with Crippen LogP contribution in [0, 0.1) is 0 Å². The number of aliphatic hydroxyl groups excluding tert-OH is 1. The summed E-state index contributed by atoms with van der Waals surface area (Å²) in [5, 5.41) is 8.70. The van der Waals surface area contributed by atoms with Gasteiger partial charge >= 0.3 is 0 Å². The van der Waals surface area contributed by atoms with Crippen LogP contribution in [0.2, 0.25) is 0 Å². The van der Waals surface area contributed by atoms with E-state index in [1.807, 2.05) is 0 Å². The van der Waals surface area contributed by atoms with Gasteiger partial charge in [0.1, 0.15) is 19.0 Å². The highest BCUT2D eigenvalue weighted by atomic mass is 19.1. The largest absolute Gasteiger partial charge is 0.491 e. The summed E-state index contributed by atoms with van der Waals surface area (Å²) in [4.78, 5) is 0. The van der Waals surface area contributed by atoms with Gasteiger partial charge in [-0.1, -0.05) is 12.1 Å². The Labute approximate surface area is 70.6 Å². The van der Waals surface area contributed by atoms with Crippen molar-refractivity contribution in [3.8, 4) is 5.75 Å². The highest BCUT2D eigenvalue weighted by molar-refractivity contribution is 5.26. The van der Waals surface area contributed by atoms with Gasteiger partial charge < -0.3 is 9.84 Å². The average molecular weight is 170 g/mol. The number of ether oxygens (including phenoxy) is 1.